The number of aliphatic hydroxyl groups excluding tert-OH is 1. The number of ether oxygens (including phenoxy) is 1. The molecule has 15 heavy (non-hydrogen) atoms. The topological polar surface area (TPSA) is 55.5 Å². The van der Waals surface area contributed by atoms with E-state index in [1.54, 1.807) is 19.1 Å². The number of halogens is 1. The van der Waals surface area contributed by atoms with E-state index in [1.807, 2.05) is 0 Å². The van der Waals surface area contributed by atoms with Crippen LogP contribution in [0.5, 0.6) is 5.75 Å². The molecule has 0 aliphatic carbocycles. The summed E-state index contributed by atoms with van der Waals surface area (Å²) in [5.41, 5.74) is 5.33. The van der Waals surface area contributed by atoms with Gasteiger partial charge in [-0.25, -0.2) is 4.39 Å². The minimum Gasteiger partial charge on any atom is -0.496 e. The summed E-state index contributed by atoms with van der Waals surface area (Å²) in [6, 6.07) is 4.60. The van der Waals surface area contributed by atoms with E-state index in [0.29, 0.717) is 11.3 Å². The largest absolute Gasteiger partial charge is 0.496 e. The Bertz CT molecular complexity index is 339. The van der Waals surface area contributed by atoms with Crippen LogP contribution in [0, 0.1) is 5.82 Å². The molecule has 1 rings (SSSR count). The summed E-state index contributed by atoms with van der Waals surface area (Å²) in [5, 5.41) is 9.02. The molecule has 0 aromatic heterocycles. The lowest BCUT2D eigenvalue weighted by Gasteiger charge is -2.23. The number of hydrogen-bond acceptors (Lipinski definition) is 3. The first-order chi connectivity index (χ1) is 7.00. The first-order valence-corrected chi connectivity index (χ1v) is 4.71. The lowest BCUT2D eigenvalue weighted by atomic mass is 9.94. The van der Waals surface area contributed by atoms with E-state index in [2.05, 4.69) is 0 Å². The lowest BCUT2D eigenvalue weighted by Crippen LogP contribution is -2.42. The summed E-state index contributed by atoms with van der Waals surface area (Å²) in [4.78, 5) is 0. The van der Waals surface area contributed by atoms with Crippen molar-refractivity contribution in [2.45, 2.75) is 18.9 Å². The van der Waals surface area contributed by atoms with E-state index >= 15 is 0 Å². The average molecular weight is 213 g/mol. The molecule has 0 aliphatic rings. The Morgan fingerprint density at radius 3 is 2.73 bits per heavy atom. The zero-order valence-electron chi connectivity index (χ0n) is 8.96. The smallest absolute Gasteiger partial charge is 0.130 e. The van der Waals surface area contributed by atoms with E-state index in [4.69, 9.17) is 15.6 Å². The van der Waals surface area contributed by atoms with Crippen LogP contribution in [-0.2, 0) is 6.42 Å². The highest BCUT2D eigenvalue weighted by Crippen LogP contribution is 2.24. The fraction of sp³-hybridized carbons (Fsp3) is 0.455. The Balaban J connectivity index is 3.02. The van der Waals surface area contributed by atoms with Gasteiger partial charge in [-0.3, -0.25) is 0 Å². The zero-order valence-corrected chi connectivity index (χ0v) is 8.96. The van der Waals surface area contributed by atoms with Crippen molar-refractivity contribution in [3.63, 3.8) is 0 Å². The molecule has 0 bridgehead atoms. The second-order valence-corrected chi connectivity index (χ2v) is 3.91. The zero-order chi connectivity index (χ0) is 11.5. The van der Waals surface area contributed by atoms with Crippen LogP contribution in [-0.4, -0.2) is 24.4 Å². The molecule has 0 saturated heterocycles. The Morgan fingerprint density at radius 2 is 2.20 bits per heavy atom. The molecule has 0 aliphatic heterocycles. The summed E-state index contributed by atoms with van der Waals surface area (Å²) in [7, 11) is 1.48. The van der Waals surface area contributed by atoms with E-state index in [-0.39, 0.29) is 18.8 Å². The van der Waals surface area contributed by atoms with Gasteiger partial charge in [-0.05, 0) is 25.5 Å². The Labute approximate surface area is 88.7 Å². The van der Waals surface area contributed by atoms with Crippen molar-refractivity contribution in [2.24, 2.45) is 5.73 Å². The molecule has 0 radical (unpaired) electrons. The van der Waals surface area contributed by atoms with Crippen molar-refractivity contribution in [1.29, 1.82) is 0 Å². The first-order valence-electron chi connectivity index (χ1n) is 4.71. The monoisotopic (exact) mass is 213 g/mol. The van der Waals surface area contributed by atoms with Crippen molar-refractivity contribution < 1.29 is 14.2 Å². The number of hydrogen-bond donors (Lipinski definition) is 2. The van der Waals surface area contributed by atoms with Gasteiger partial charge < -0.3 is 15.6 Å². The molecular weight excluding hydrogens is 197 g/mol. The average Bonchev–Trinajstić information content (AvgIpc) is 2.21. The Morgan fingerprint density at radius 1 is 1.53 bits per heavy atom. The molecule has 0 spiro atoms. The van der Waals surface area contributed by atoms with Crippen LogP contribution in [0.4, 0.5) is 4.39 Å². The molecule has 1 aromatic rings. The van der Waals surface area contributed by atoms with Gasteiger partial charge in [-0.1, -0.05) is 6.07 Å². The van der Waals surface area contributed by atoms with Crippen molar-refractivity contribution in [1.82, 2.24) is 0 Å². The SMILES string of the molecule is COc1cccc(F)c1CC(C)(N)CO. The van der Waals surface area contributed by atoms with E-state index in [1.165, 1.54) is 13.2 Å². The number of aliphatic hydroxyl groups is 1. The van der Waals surface area contributed by atoms with Gasteiger partial charge in [-0.2, -0.15) is 0 Å². The van der Waals surface area contributed by atoms with Crippen molar-refractivity contribution in [2.75, 3.05) is 13.7 Å². The molecule has 1 unspecified atom stereocenters. The minimum atomic E-state index is -0.838. The maximum absolute atomic E-state index is 13.5. The highest BCUT2D eigenvalue weighted by Gasteiger charge is 2.22. The number of rotatable bonds is 4. The maximum Gasteiger partial charge on any atom is 0.130 e. The third-order valence-electron chi connectivity index (χ3n) is 2.24. The van der Waals surface area contributed by atoms with Crippen molar-refractivity contribution in [3.05, 3.63) is 29.6 Å². The second-order valence-electron chi connectivity index (χ2n) is 3.91. The predicted molar refractivity (Wildman–Crippen MR) is 56.3 cm³/mol. The molecule has 0 amide bonds. The van der Waals surface area contributed by atoms with Gasteiger partial charge in [0.1, 0.15) is 11.6 Å². The van der Waals surface area contributed by atoms with Crippen LogP contribution < -0.4 is 10.5 Å². The van der Waals surface area contributed by atoms with Gasteiger partial charge in [0.25, 0.3) is 0 Å². The highest BCUT2D eigenvalue weighted by atomic mass is 19.1. The predicted octanol–water partition coefficient (Wildman–Crippen LogP) is 1.09. The Hall–Kier alpha value is -1.13. The standard InChI is InChI=1S/C11H16FNO2/c1-11(13,7-14)6-8-9(12)4-3-5-10(8)15-2/h3-5,14H,6-7,13H2,1-2H3. The van der Waals surface area contributed by atoms with Crippen LogP contribution in [0.1, 0.15) is 12.5 Å². The van der Waals surface area contributed by atoms with Gasteiger partial charge in [0.05, 0.1) is 13.7 Å². The molecule has 4 heteroatoms. The fourth-order valence-electron chi connectivity index (χ4n) is 1.36. The molecule has 0 saturated carbocycles. The van der Waals surface area contributed by atoms with Gasteiger partial charge in [-0.15, -0.1) is 0 Å². The molecular formula is C11H16FNO2. The van der Waals surface area contributed by atoms with Gasteiger partial charge in [0, 0.05) is 11.1 Å². The number of methoxy groups -OCH3 is 1. The van der Waals surface area contributed by atoms with E-state index in [0.717, 1.165) is 0 Å². The molecule has 1 atom stereocenters. The molecule has 84 valence electrons. The third kappa shape index (κ3) is 2.91. The third-order valence-corrected chi connectivity index (χ3v) is 2.24. The fourth-order valence-corrected chi connectivity index (χ4v) is 1.36. The maximum atomic E-state index is 13.5. The quantitative estimate of drug-likeness (QED) is 0.787. The normalized spacial score (nSPS) is 14.7. The van der Waals surface area contributed by atoms with Crippen LogP contribution in [0.15, 0.2) is 18.2 Å². The van der Waals surface area contributed by atoms with E-state index in [9.17, 15) is 4.39 Å². The minimum absolute atomic E-state index is 0.204. The second kappa shape index (κ2) is 4.59. The van der Waals surface area contributed by atoms with E-state index < -0.39 is 5.54 Å². The molecule has 3 N–H and O–H groups in total. The molecule has 0 fully saturated rings. The summed E-state index contributed by atoms with van der Waals surface area (Å²) < 4.78 is 18.5. The van der Waals surface area contributed by atoms with Crippen LogP contribution in [0.2, 0.25) is 0 Å². The van der Waals surface area contributed by atoms with Gasteiger partial charge in [0.2, 0.25) is 0 Å². The number of benzene rings is 1. The van der Waals surface area contributed by atoms with Gasteiger partial charge >= 0.3 is 0 Å². The summed E-state index contributed by atoms with van der Waals surface area (Å²) in [5.74, 6) is 0.0969. The summed E-state index contributed by atoms with van der Waals surface area (Å²) in [6.45, 7) is 1.46. The molecule has 1 aromatic carbocycles. The van der Waals surface area contributed by atoms with Crippen molar-refractivity contribution >= 4 is 0 Å². The summed E-state index contributed by atoms with van der Waals surface area (Å²) >= 11 is 0. The lowest BCUT2D eigenvalue weighted by molar-refractivity contribution is 0.206. The highest BCUT2D eigenvalue weighted by molar-refractivity contribution is 5.35. The van der Waals surface area contributed by atoms with Gasteiger partial charge in [0.15, 0.2) is 0 Å². The first kappa shape index (κ1) is 11.9. The van der Waals surface area contributed by atoms with Crippen molar-refractivity contribution in [3.8, 4) is 5.75 Å². The Kier molecular flexibility index (Phi) is 3.66. The molecule has 0 heterocycles. The van der Waals surface area contributed by atoms with Crippen LogP contribution in [0.25, 0.3) is 0 Å². The summed E-state index contributed by atoms with van der Waals surface area (Å²) in [6.07, 6.45) is 0.235. The van der Waals surface area contributed by atoms with Crippen LogP contribution in [0.3, 0.4) is 0 Å². The molecule has 3 nitrogen and oxygen atoms in total. The number of nitrogens with two attached hydrogens (primary N) is 1. The van der Waals surface area contributed by atoms with Crippen LogP contribution >= 0.6 is 0 Å².